The van der Waals surface area contributed by atoms with Gasteiger partial charge in [-0.2, -0.15) is 0 Å². The summed E-state index contributed by atoms with van der Waals surface area (Å²) in [5, 5.41) is 0. The molecule has 0 N–H and O–H groups in total. The van der Waals surface area contributed by atoms with Gasteiger partial charge < -0.3 is 4.79 Å². The third kappa shape index (κ3) is 3.66. The van der Waals surface area contributed by atoms with Crippen molar-refractivity contribution in [2.45, 2.75) is 32.6 Å². The van der Waals surface area contributed by atoms with Gasteiger partial charge in [0.2, 0.25) is 0 Å². The Balaban J connectivity index is 2.75. The number of benzene rings is 1. The first-order chi connectivity index (χ1) is 7.11. The van der Waals surface area contributed by atoms with Gasteiger partial charge in [-0.1, -0.05) is 30.3 Å². The van der Waals surface area contributed by atoms with Gasteiger partial charge in [-0.15, -0.1) is 0 Å². The molecule has 0 spiro atoms. The van der Waals surface area contributed by atoms with Crippen molar-refractivity contribution >= 4 is 11.6 Å². The largest absolute Gasteiger partial charge is 0.300 e. The molecule has 0 saturated carbocycles. The van der Waals surface area contributed by atoms with Crippen LogP contribution in [0.15, 0.2) is 30.3 Å². The van der Waals surface area contributed by atoms with Crippen LogP contribution in [0.4, 0.5) is 0 Å². The number of rotatable bonds is 5. The third-order valence-corrected chi connectivity index (χ3v) is 2.48. The van der Waals surface area contributed by atoms with Crippen molar-refractivity contribution in [1.29, 1.82) is 0 Å². The fraction of sp³-hybridized carbons (Fsp3) is 0.385. The number of carbonyl (C=O) groups excluding carboxylic acids is 2. The number of hydrogen-bond donors (Lipinski definition) is 0. The summed E-state index contributed by atoms with van der Waals surface area (Å²) >= 11 is 0. The third-order valence-electron chi connectivity index (χ3n) is 2.48. The van der Waals surface area contributed by atoms with E-state index >= 15 is 0 Å². The number of carbonyl (C=O) groups is 2. The average molecular weight is 204 g/mol. The first kappa shape index (κ1) is 11.6. The molecule has 80 valence electrons. The quantitative estimate of drug-likeness (QED) is 0.739. The molecule has 0 aliphatic carbocycles. The Hall–Kier alpha value is -1.44. The highest BCUT2D eigenvalue weighted by molar-refractivity contribution is 5.84. The Morgan fingerprint density at radius 1 is 1.13 bits per heavy atom. The Morgan fingerprint density at radius 3 is 2.20 bits per heavy atom. The lowest BCUT2D eigenvalue weighted by Crippen LogP contribution is -2.10. The number of hydrogen-bond acceptors (Lipinski definition) is 2. The molecule has 1 atom stereocenters. The van der Waals surface area contributed by atoms with Crippen molar-refractivity contribution in [1.82, 2.24) is 0 Å². The van der Waals surface area contributed by atoms with E-state index in [0.717, 1.165) is 5.56 Å². The second kappa shape index (κ2) is 5.44. The topological polar surface area (TPSA) is 34.1 Å². The van der Waals surface area contributed by atoms with E-state index < -0.39 is 0 Å². The first-order valence-electron chi connectivity index (χ1n) is 5.16. The van der Waals surface area contributed by atoms with Gasteiger partial charge in [0.25, 0.3) is 0 Å². The molecule has 0 aromatic heterocycles. The lowest BCUT2D eigenvalue weighted by atomic mass is 9.90. The second-order valence-corrected chi connectivity index (χ2v) is 3.81. The van der Waals surface area contributed by atoms with E-state index in [0.29, 0.717) is 12.8 Å². The highest BCUT2D eigenvalue weighted by Gasteiger charge is 2.16. The Labute approximate surface area is 90.3 Å². The van der Waals surface area contributed by atoms with E-state index in [2.05, 4.69) is 0 Å². The second-order valence-electron chi connectivity index (χ2n) is 3.81. The van der Waals surface area contributed by atoms with Crippen LogP contribution in [0.5, 0.6) is 0 Å². The maximum absolute atomic E-state index is 11.4. The van der Waals surface area contributed by atoms with Crippen LogP contribution < -0.4 is 0 Å². The molecule has 0 aliphatic rings. The van der Waals surface area contributed by atoms with Gasteiger partial charge in [-0.3, -0.25) is 4.79 Å². The van der Waals surface area contributed by atoms with Gasteiger partial charge in [0.15, 0.2) is 0 Å². The molecule has 1 aromatic rings. The zero-order valence-electron chi connectivity index (χ0n) is 9.19. The average Bonchev–Trinajstić information content (AvgIpc) is 2.18. The zero-order chi connectivity index (χ0) is 11.3. The molecule has 15 heavy (non-hydrogen) atoms. The van der Waals surface area contributed by atoms with Crippen molar-refractivity contribution in [2.24, 2.45) is 0 Å². The van der Waals surface area contributed by atoms with Gasteiger partial charge in [0, 0.05) is 12.3 Å². The molecule has 0 bridgehead atoms. The first-order valence-corrected chi connectivity index (χ1v) is 5.16. The smallest absolute Gasteiger partial charge is 0.137 e. The van der Waals surface area contributed by atoms with Gasteiger partial charge in [-0.25, -0.2) is 0 Å². The normalized spacial score (nSPS) is 12.1. The molecule has 1 rings (SSSR count). The molecule has 2 nitrogen and oxygen atoms in total. The van der Waals surface area contributed by atoms with Crippen molar-refractivity contribution in [3.63, 3.8) is 0 Å². The van der Waals surface area contributed by atoms with Crippen LogP contribution in [0, 0.1) is 0 Å². The van der Waals surface area contributed by atoms with Crippen LogP contribution in [0.1, 0.15) is 38.2 Å². The number of Topliss-reactive ketones (excluding diaryl/α,β-unsaturated/α-hetero) is 2. The summed E-state index contributed by atoms with van der Waals surface area (Å²) in [6.07, 6.45) is 1.09. The minimum Gasteiger partial charge on any atom is -0.300 e. The monoisotopic (exact) mass is 204 g/mol. The summed E-state index contributed by atoms with van der Waals surface area (Å²) in [4.78, 5) is 22.3. The molecule has 2 heteroatoms. The highest BCUT2D eigenvalue weighted by Crippen LogP contribution is 2.22. The molecule has 1 unspecified atom stereocenters. The summed E-state index contributed by atoms with van der Waals surface area (Å²) in [5.41, 5.74) is 1.01. The van der Waals surface area contributed by atoms with E-state index in [1.165, 1.54) is 0 Å². The van der Waals surface area contributed by atoms with Crippen molar-refractivity contribution < 1.29 is 9.59 Å². The predicted octanol–water partition coefficient (Wildman–Crippen LogP) is 2.73. The molecule has 0 heterocycles. The lowest BCUT2D eigenvalue weighted by molar-refractivity contribution is -0.119. The van der Waals surface area contributed by atoms with Crippen molar-refractivity contribution in [3.8, 4) is 0 Å². The van der Waals surface area contributed by atoms with Crippen LogP contribution in [0.3, 0.4) is 0 Å². The highest BCUT2D eigenvalue weighted by atomic mass is 16.1. The maximum Gasteiger partial charge on any atom is 0.137 e. The summed E-state index contributed by atoms with van der Waals surface area (Å²) < 4.78 is 0. The minimum absolute atomic E-state index is 0.127. The maximum atomic E-state index is 11.4. The standard InChI is InChI=1S/C13H16O2/c1-10(14)8-9-13(11(2)15)12-6-4-3-5-7-12/h3-7,13H,8-9H2,1-2H3. The minimum atomic E-state index is -0.130. The van der Waals surface area contributed by atoms with Crippen LogP contribution in [-0.2, 0) is 9.59 Å². The van der Waals surface area contributed by atoms with E-state index in [4.69, 9.17) is 0 Å². The molecular weight excluding hydrogens is 188 g/mol. The van der Waals surface area contributed by atoms with Gasteiger partial charge in [0.05, 0.1) is 0 Å². The Morgan fingerprint density at radius 2 is 1.73 bits per heavy atom. The fourth-order valence-corrected chi connectivity index (χ4v) is 1.64. The molecule has 1 aromatic carbocycles. The van der Waals surface area contributed by atoms with E-state index in [1.54, 1.807) is 13.8 Å². The fourth-order valence-electron chi connectivity index (χ4n) is 1.64. The molecule has 0 amide bonds. The summed E-state index contributed by atoms with van der Waals surface area (Å²) in [6, 6.07) is 9.63. The molecule has 0 aliphatic heterocycles. The number of ketones is 2. The van der Waals surface area contributed by atoms with Crippen LogP contribution in [-0.4, -0.2) is 11.6 Å². The van der Waals surface area contributed by atoms with E-state index in [-0.39, 0.29) is 17.5 Å². The van der Waals surface area contributed by atoms with Crippen LogP contribution in [0.25, 0.3) is 0 Å². The van der Waals surface area contributed by atoms with Gasteiger partial charge in [-0.05, 0) is 25.8 Å². The van der Waals surface area contributed by atoms with E-state index in [9.17, 15) is 9.59 Å². The molecule has 0 radical (unpaired) electrons. The summed E-state index contributed by atoms with van der Waals surface area (Å²) in [6.45, 7) is 3.14. The van der Waals surface area contributed by atoms with Gasteiger partial charge in [0.1, 0.15) is 11.6 Å². The van der Waals surface area contributed by atoms with Crippen LogP contribution in [0.2, 0.25) is 0 Å². The molecular formula is C13H16O2. The van der Waals surface area contributed by atoms with Crippen molar-refractivity contribution in [2.75, 3.05) is 0 Å². The summed E-state index contributed by atoms with van der Waals surface area (Å²) in [7, 11) is 0. The Bertz CT molecular complexity index is 341. The lowest BCUT2D eigenvalue weighted by Gasteiger charge is -2.12. The predicted molar refractivity (Wildman–Crippen MR) is 59.8 cm³/mol. The van der Waals surface area contributed by atoms with Gasteiger partial charge >= 0.3 is 0 Å². The summed E-state index contributed by atoms with van der Waals surface area (Å²) in [5.74, 6) is 0.134. The van der Waals surface area contributed by atoms with Crippen molar-refractivity contribution in [3.05, 3.63) is 35.9 Å². The zero-order valence-corrected chi connectivity index (χ0v) is 9.19. The SMILES string of the molecule is CC(=O)CCC(C(C)=O)c1ccccc1. The molecule has 0 fully saturated rings. The van der Waals surface area contributed by atoms with Crippen LogP contribution >= 0.6 is 0 Å². The van der Waals surface area contributed by atoms with E-state index in [1.807, 2.05) is 30.3 Å². The Kier molecular flexibility index (Phi) is 4.22. The molecule has 0 saturated heterocycles.